The summed E-state index contributed by atoms with van der Waals surface area (Å²) >= 11 is 0. The number of carbonyl (C=O) groups excluding carboxylic acids is 2. The van der Waals surface area contributed by atoms with Crippen LogP contribution in [0.5, 0.6) is 0 Å². The Hall–Kier alpha value is -2.57. The van der Waals surface area contributed by atoms with E-state index in [1.807, 2.05) is 30.3 Å². The Labute approximate surface area is 146 Å². The molecule has 1 aromatic carbocycles. The minimum atomic E-state index is -0.620. The van der Waals surface area contributed by atoms with E-state index in [4.69, 9.17) is 9.57 Å². The molecule has 1 heterocycles. The predicted molar refractivity (Wildman–Crippen MR) is 91.1 cm³/mol. The molecular formula is C18H23N3O4. The zero-order valence-electron chi connectivity index (χ0n) is 14.4. The van der Waals surface area contributed by atoms with E-state index in [1.165, 1.54) is 0 Å². The third kappa shape index (κ3) is 3.75. The molecule has 25 heavy (non-hydrogen) atoms. The number of carbonyl (C=O) groups is 2. The fraction of sp³-hybridized carbons (Fsp3) is 0.500. The molecule has 1 aromatic rings. The van der Waals surface area contributed by atoms with Crippen LogP contribution >= 0.6 is 0 Å². The first kappa shape index (κ1) is 17.3. The summed E-state index contributed by atoms with van der Waals surface area (Å²) in [5.74, 6) is -0.0386. The monoisotopic (exact) mass is 345 g/mol. The first-order valence-corrected chi connectivity index (χ1v) is 8.71. The summed E-state index contributed by atoms with van der Waals surface area (Å²) in [4.78, 5) is 29.6. The normalized spacial score (nSPS) is 18.0. The van der Waals surface area contributed by atoms with Crippen molar-refractivity contribution < 1.29 is 19.2 Å². The van der Waals surface area contributed by atoms with Crippen molar-refractivity contribution in [2.45, 2.75) is 51.2 Å². The van der Waals surface area contributed by atoms with Gasteiger partial charge >= 0.3 is 5.97 Å². The number of nitrogens with zero attached hydrogens (tertiary/aromatic N) is 2. The quantitative estimate of drug-likeness (QED) is 0.801. The van der Waals surface area contributed by atoms with E-state index in [-0.39, 0.29) is 24.7 Å². The van der Waals surface area contributed by atoms with Crippen molar-refractivity contribution in [1.82, 2.24) is 10.4 Å². The lowest BCUT2D eigenvalue weighted by Gasteiger charge is -2.33. The van der Waals surface area contributed by atoms with Gasteiger partial charge in [0, 0.05) is 24.8 Å². The van der Waals surface area contributed by atoms with Crippen molar-refractivity contribution in [3.05, 3.63) is 35.9 Å². The number of ether oxygens (including phenoxy) is 1. The van der Waals surface area contributed by atoms with Gasteiger partial charge in [-0.15, -0.1) is 0 Å². The summed E-state index contributed by atoms with van der Waals surface area (Å²) in [6.45, 7) is 2.06. The highest BCUT2D eigenvalue weighted by Gasteiger charge is 2.49. The topological polar surface area (TPSA) is 80.2 Å². The molecule has 1 amide bonds. The van der Waals surface area contributed by atoms with Crippen molar-refractivity contribution in [2.75, 3.05) is 6.61 Å². The highest BCUT2D eigenvalue weighted by atomic mass is 16.7. The summed E-state index contributed by atoms with van der Waals surface area (Å²) in [6, 6.07) is 9.60. The molecule has 2 aliphatic rings. The van der Waals surface area contributed by atoms with Crippen molar-refractivity contribution in [3.8, 4) is 0 Å². The van der Waals surface area contributed by atoms with Crippen LogP contribution in [0.4, 0.5) is 0 Å². The SMILES string of the molecule is CCOC(=O)CCC(=O)NN1C(c2ccccc2)=NOC12CCCC2. The van der Waals surface area contributed by atoms with Crippen molar-refractivity contribution in [2.24, 2.45) is 5.16 Å². The number of amidine groups is 1. The van der Waals surface area contributed by atoms with E-state index >= 15 is 0 Å². The van der Waals surface area contributed by atoms with Gasteiger partial charge in [0.15, 0.2) is 5.84 Å². The minimum absolute atomic E-state index is 0.0547. The van der Waals surface area contributed by atoms with Gasteiger partial charge in [-0.1, -0.05) is 35.5 Å². The number of rotatable bonds is 6. The van der Waals surface area contributed by atoms with Gasteiger partial charge in [0.1, 0.15) is 0 Å². The highest BCUT2D eigenvalue weighted by molar-refractivity contribution is 6.00. The molecule has 0 saturated heterocycles. The molecule has 0 aromatic heterocycles. The number of amides is 1. The molecule has 1 aliphatic carbocycles. The van der Waals surface area contributed by atoms with Gasteiger partial charge < -0.3 is 9.57 Å². The maximum absolute atomic E-state index is 12.4. The third-order valence-corrected chi connectivity index (χ3v) is 4.44. The van der Waals surface area contributed by atoms with E-state index in [1.54, 1.807) is 11.9 Å². The summed E-state index contributed by atoms with van der Waals surface area (Å²) < 4.78 is 4.87. The molecule has 1 aliphatic heterocycles. The Kier molecular flexibility index (Phi) is 5.21. The number of benzene rings is 1. The van der Waals surface area contributed by atoms with Gasteiger partial charge in [0.2, 0.25) is 11.6 Å². The van der Waals surface area contributed by atoms with Crippen LogP contribution in [0.1, 0.15) is 51.0 Å². The molecule has 1 fully saturated rings. The molecule has 1 spiro atoms. The fourth-order valence-electron chi connectivity index (χ4n) is 3.20. The van der Waals surface area contributed by atoms with Crippen LogP contribution in [0.3, 0.4) is 0 Å². The first-order chi connectivity index (χ1) is 12.1. The van der Waals surface area contributed by atoms with Crippen LogP contribution in [0, 0.1) is 0 Å². The average molecular weight is 345 g/mol. The Morgan fingerprint density at radius 3 is 2.64 bits per heavy atom. The number of hydrogen-bond acceptors (Lipinski definition) is 6. The summed E-state index contributed by atoms with van der Waals surface area (Å²) in [5.41, 5.74) is 3.14. The second-order valence-corrected chi connectivity index (χ2v) is 6.20. The van der Waals surface area contributed by atoms with E-state index in [0.717, 1.165) is 31.2 Å². The molecule has 0 unspecified atom stereocenters. The largest absolute Gasteiger partial charge is 0.466 e. The first-order valence-electron chi connectivity index (χ1n) is 8.71. The minimum Gasteiger partial charge on any atom is -0.466 e. The molecule has 1 saturated carbocycles. The molecular weight excluding hydrogens is 322 g/mol. The summed E-state index contributed by atoms with van der Waals surface area (Å²) in [6.07, 6.45) is 3.75. The van der Waals surface area contributed by atoms with Crippen LogP contribution in [0.25, 0.3) is 0 Å². The van der Waals surface area contributed by atoms with Crippen LogP contribution in [0.2, 0.25) is 0 Å². The van der Waals surface area contributed by atoms with E-state index in [2.05, 4.69) is 10.6 Å². The zero-order valence-corrected chi connectivity index (χ0v) is 14.4. The van der Waals surface area contributed by atoms with Crippen molar-refractivity contribution >= 4 is 17.7 Å². The van der Waals surface area contributed by atoms with Crippen molar-refractivity contribution in [1.29, 1.82) is 0 Å². The van der Waals surface area contributed by atoms with Gasteiger partial charge in [-0.05, 0) is 19.8 Å². The lowest BCUT2D eigenvalue weighted by Crippen LogP contribution is -2.56. The Bertz CT molecular complexity index is 654. The maximum Gasteiger partial charge on any atom is 0.306 e. The second kappa shape index (κ2) is 7.55. The van der Waals surface area contributed by atoms with Crippen LogP contribution < -0.4 is 5.43 Å². The van der Waals surface area contributed by atoms with Crippen LogP contribution in [-0.4, -0.2) is 35.1 Å². The highest BCUT2D eigenvalue weighted by Crippen LogP contribution is 2.40. The van der Waals surface area contributed by atoms with Gasteiger partial charge in [0.25, 0.3) is 0 Å². The lowest BCUT2D eigenvalue weighted by atomic mass is 10.1. The van der Waals surface area contributed by atoms with E-state index in [9.17, 15) is 9.59 Å². The van der Waals surface area contributed by atoms with Crippen molar-refractivity contribution in [3.63, 3.8) is 0 Å². The van der Waals surface area contributed by atoms with Gasteiger partial charge in [-0.25, -0.2) is 5.01 Å². The second-order valence-electron chi connectivity index (χ2n) is 6.20. The van der Waals surface area contributed by atoms with Gasteiger partial charge in [-0.2, -0.15) is 0 Å². The molecule has 0 bridgehead atoms. The smallest absolute Gasteiger partial charge is 0.306 e. The molecule has 7 heteroatoms. The number of oxime groups is 1. The molecule has 1 N–H and O–H groups in total. The molecule has 0 radical (unpaired) electrons. The van der Waals surface area contributed by atoms with Crippen LogP contribution in [-0.2, 0) is 19.2 Å². The summed E-state index contributed by atoms with van der Waals surface area (Å²) in [7, 11) is 0. The van der Waals surface area contributed by atoms with Crippen LogP contribution in [0.15, 0.2) is 35.5 Å². The zero-order chi connectivity index (χ0) is 17.7. The standard InChI is InChI=1S/C18H23N3O4/c1-2-24-16(23)11-10-15(22)19-21-17(14-8-4-3-5-9-14)20-25-18(21)12-6-7-13-18/h3-5,8-9H,2,6-7,10-13H2,1H3,(H,19,22). The number of hydrazine groups is 1. The predicted octanol–water partition coefficient (Wildman–Crippen LogP) is 2.33. The molecule has 7 nitrogen and oxygen atoms in total. The lowest BCUT2D eigenvalue weighted by molar-refractivity contribution is -0.147. The van der Waals surface area contributed by atoms with Gasteiger partial charge in [-0.3, -0.25) is 15.0 Å². The fourth-order valence-corrected chi connectivity index (χ4v) is 3.20. The molecule has 134 valence electrons. The summed E-state index contributed by atoms with van der Waals surface area (Å²) in [5, 5.41) is 5.98. The third-order valence-electron chi connectivity index (χ3n) is 4.44. The maximum atomic E-state index is 12.4. The average Bonchev–Trinajstić information content (AvgIpc) is 3.23. The van der Waals surface area contributed by atoms with Gasteiger partial charge in [0.05, 0.1) is 13.0 Å². The van der Waals surface area contributed by atoms with E-state index in [0.29, 0.717) is 12.4 Å². The number of hydrogen-bond donors (Lipinski definition) is 1. The molecule has 0 atom stereocenters. The Morgan fingerprint density at radius 2 is 1.96 bits per heavy atom. The Balaban J connectivity index is 1.71. The van der Waals surface area contributed by atoms with E-state index < -0.39 is 5.72 Å². The molecule has 3 rings (SSSR count). The number of esters is 1. The Morgan fingerprint density at radius 1 is 1.24 bits per heavy atom. The number of nitrogens with one attached hydrogen (secondary N) is 1.